The molecule has 2 rings (SSSR count). The average Bonchev–Trinajstić information content (AvgIpc) is 2.59. The van der Waals surface area contributed by atoms with Gasteiger partial charge in [-0.2, -0.15) is 0 Å². The number of rotatable bonds is 6. The summed E-state index contributed by atoms with van der Waals surface area (Å²) in [6, 6.07) is 3.31. The number of carbonyl (C=O) groups is 2. The molecule has 0 saturated heterocycles. The van der Waals surface area contributed by atoms with Gasteiger partial charge in [0, 0.05) is 18.2 Å². The number of aliphatic hydroxyl groups is 1. The van der Waals surface area contributed by atoms with Crippen LogP contribution in [0.15, 0.2) is 30.4 Å². The number of anilines is 1. The molecule has 3 N–H and O–H groups in total. The number of aliphatic hydroxyl groups excluding tert-OH is 1. The zero-order chi connectivity index (χ0) is 18.6. The van der Waals surface area contributed by atoms with Crippen molar-refractivity contribution in [2.45, 2.75) is 19.1 Å². The van der Waals surface area contributed by atoms with Crippen LogP contribution in [0.5, 0.6) is 0 Å². The van der Waals surface area contributed by atoms with Gasteiger partial charge in [-0.3, -0.25) is 19.7 Å². The van der Waals surface area contributed by atoms with Gasteiger partial charge in [0.2, 0.25) is 6.10 Å². The van der Waals surface area contributed by atoms with Crippen molar-refractivity contribution in [1.82, 2.24) is 5.32 Å². The number of hydrogen-bond acceptors (Lipinski definition) is 7. The first kappa shape index (κ1) is 18.4. The van der Waals surface area contributed by atoms with E-state index in [-0.39, 0.29) is 24.4 Å². The highest BCUT2D eigenvalue weighted by atomic mass is 16.7. The summed E-state index contributed by atoms with van der Waals surface area (Å²) in [4.78, 5) is 39.0. The highest BCUT2D eigenvalue weighted by Crippen LogP contribution is 2.33. The minimum atomic E-state index is -1.26. The van der Waals surface area contributed by atoms with Gasteiger partial charge in [0.05, 0.1) is 17.6 Å². The third kappa shape index (κ3) is 4.11. The Morgan fingerprint density at radius 3 is 2.72 bits per heavy atom. The minimum Gasteiger partial charge on any atom is -0.479 e. The van der Waals surface area contributed by atoms with E-state index in [1.165, 1.54) is 18.2 Å². The predicted molar refractivity (Wildman–Crippen MR) is 86.1 cm³/mol. The summed E-state index contributed by atoms with van der Waals surface area (Å²) >= 11 is 0. The number of hydrogen-bond donors (Lipinski definition) is 3. The largest absolute Gasteiger partial charge is 0.479 e. The molecule has 1 aliphatic rings. The monoisotopic (exact) mass is 351 g/mol. The number of nitrogens with one attached hydrogen (secondary N) is 1. The second-order valence-corrected chi connectivity index (χ2v) is 5.26. The van der Waals surface area contributed by atoms with Gasteiger partial charge in [-0.1, -0.05) is 6.08 Å². The van der Waals surface area contributed by atoms with Gasteiger partial charge in [-0.05, 0) is 25.1 Å². The third-order valence-electron chi connectivity index (χ3n) is 3.47. The van der Waals surface area contributed by atoms with Gasteiger partial charge in [0.1, 0.15) is 5.69 Å². The molecule has 1 amide bonds. The molecular formula is C15H17N3O7. The molecule has 134 valence electrons. The Morgan fingerprint density at radius 1 is 1.40 bits per heavy atom. The quantitative estimate of drug-likeness (QED) is 0.381. The number of carbonyl (C=O) groups excluding carboxylic acids is 1. The standard InChI is InChI=1S/C15H17N3O7/c1-9-2-5-13(15(21)22)25-17(9)11-4-3-10(8-12(11)18(23)24)14(20)16-6-7-19/h2-5,8-9,13,19H,6-7H2,1H3,(H,16,20)(H,21,22). The maximum atomic E-state index is 11.9. The molecule has 1 aromatic carbocycles. The number of nitro groups is 1. The summed E-state index contributed by atoms with van der Waals surface area (Å²) in [5.74, 6) is -1.80. The summed E-state index contributed by atoms with van der Waals surface area (Å²) in [6.45, 7) is 1.44. The van der Waals surface area contributed by atoms with Crippen molar-refractivity contribution in [3.63, 3.8) is 0 Å². The molecule has 25 heavy (non-hydrogen) atoms. The molecule has 10 nitrogen and oxygen atoms in total. The van der Waals surface area contributed by atoms with E-state index in [9.17, 15) is 19.7 Å². The topological polar surface area (TPSA) is 142 Å². The maximum Gasteiger partial charge on any atom is 0.339 e. The lowest BCUT2D eigenvalue weighted by Crippen LogP contribution is -2.42. The Kier molecular flexibility index (Phi) is 5.67. The molecule has 10 heteroatoms. The molecule has 1 heterocycles. The second-order valence-electron chi connectivity index (χ2n) is 5.26. The number of nitrogens with zero attached hydrogens (tertiary/aromatic N) is 2. The second kappa shape index (κ2) is 7.73. The molecule has 1 aliphatic heterocycles. The molecule has 2 unspecified atom stereocenters. The van der Waals surface area contributed by atoms with E-state index in [1.807, 2.05) is 0 Å². The molecule has 0 saturated carbocycles. The van der Waals surface area contributed by atoms with Crippen LogP contribution >= 0.6 is 0 Å². The first-order chi connectivity index (χ1) is 11.8. The first-order valence-electron chi connectivity index (χ1n) is 7.39. The van der Waals surface area contributed by atoms with Gasteiger partial charge in [-0.15, -0.1) is 0 Å². The fourth-order valence-electron chi connectivity index (χ4n) is 2.27. The zero-order valence-electron chi connectivity index (χ0n) is 13.3. The summed E-state index contributed by atoms with van der Waals surface area (Å²) < 4.78 is 0. The molecule has 0 radical (unpaired) electrons. The van der Waals surface area contributed by atoms with Gasteiger partial charge in [0.15, 0.2) is 0 Å². The molecular weight excluding hydrogens is 334 g/mol. The van der Waals surface area contributed by atoms with E-state index in [0.29, 0.717) is 0 Å². The Hall–Kier alpha value is -2.98. The maximum absolute atomic E-state index is 11.9. The number of hydroxylamine groups is 1. The lowest BCUT2D eigenvalue weighted by Gasteiger charge is -2.33. The van der Waals surface area contributed by atoms with Crippen LogP contribution in [0, 0.1) is 10.1 Å². The number of aliphatic carboxylic acids is 1. The highest BCUT2D eigenvalue weighted by Gasteiger charge is 2.31. The fraction of sp³-hybridized carbons (Fsp3) is 0.333. The van der Waals surface area contributed by atoms with Crippen LogP contribution in [-0.4, -0.2) is 52.3 Å². The van der Waals surface area contributed by atoms with Crippen molar-refractivity contribution in [1.29, 1.82) is 0 Å². The molecule has 1 aromatic rings. The first-order valence-corrected chi connectivity index (χ1v) is 7.39. The molecule has 0 fully saturated rings. The Balaban J connectivity index is 2.37. The SMILES string of the molecule is CC1C=CC(C(=O)O)ON1c1ccc(C(=O)NCCO)cc1[N+](=O)[O-]. The van der Waals surface area contributed by atoms with Crippen molar-refractivity contribution < 1.29 is 29.6 Å². The number of carboxylic acid groups (broad SMARTS) is 1. The van der Waals surface area contributed by atoms with E-state index < -0.39 is 34.6 Å². The van der Waals surface area contributed by atoms with Gasteiger partial charge >= 0.3 is 5.97 Å². The number of nitro benzene ring substituents is 1. The lowest BCUT2D eigenvalue weighted by atomic mass is 10.1. The van der Waals surface area contributed by atoms with Crippen LogP contribution in [0.3, 0.4) is 0 Å². The van der Waals surface area contributed by atoms with E-state index >= 15 is 0 Å². The number of benzene rings is 1. The van der Waals surface area contributed by atoms with Gasteiger partial charge < -0.3 is 15.5 Å². The van der Waals surface area contributed by atoms with E-state index in [1.54, 1.807) is 13.0 Å². The Bertz CT molecular complexity index is 719. The average molecular weight is 351 g/mol. The van der Waals surface area contributed by atoms with Crippen molar-refractivity contribution in [2.75, 3.05) is 18.2 Å². The van der Waals surface area contributed by atoms with Gasteiger partial charge in [-0.25, -0.2) is 9.86 Å². The Labute approximate surface area is 142 Å². The van der Waals surface area contributed by atoms with Crippen LogP contribution in [0.4, 0.5) is 11.4 Å². The predicted octanol–water partition coefficient (Wildman–Crippen LogP) is 0.466. The molecule has 2 atom stereocenters. The molecule has 0 aromatic heterocycles. The lowest BCUT2D eigenvalue weighted by molar-refractivity contribution is -0.384. The van der Waals surface area contributed by atoms with Crippen molar-refractivity contribution in [3.8, 4) is 0 Å². The summed E-state index contributed by atoms with van der Waals surface area (Å²) in [5, 5.41) is 32.7. The Morgan fingerprint density at radius 2 is 2.12 bits per heavy atom. The van der Waals surface area contributed by atoms with Crippen LogP contribution in [0.25, 0.3) is 0 Å². The fourth-order valence-corrected chi connectivity index (χ4v) is 2.27. The van der Waals surface area contributed by atoms with Crippen LogP contribution in [0.2, 0.25) is 0 Å². The van der Waals surface area contributed by atoms with E-state index in [0.717, 1.165) is 11.1 Å². The molecule has 0 bridgehead atoms. The molecule has 0 aliphatic carbocycles. The van der Waals surface area contributed by atoms with E-state index in [2.05, 4.69) is 5.32 Å². The third-order valence-corrected chi connectivity index (χ3v) is 3.47. The smallest absolute Gasteiger partial charge is 0.339 e. The number of amides is 1. The van der Waals surface area contributed by atoms with Crippen molar-refractivity contribution in [2.24, 2.45) is 0 Å². The van der Waals surface area contributed by atoms with Crippen LogP contribution < -0.4 is 10.4 Å². The minimum absolute atomic E-state index is 0.0196. The van der Waals surface area contributed by atoms with Crippen LogP contribution in [-0.2, 0) is 9.63 Å². The van der Waals surface area contributed by atoms with Crippen molar-refractivity contribution >= 4 is 23.3 Å². The van der Waals surface area contributed by atoms with Crippen molar-refractivity contribution in [3.05, 3.63) is 46.0 Å². The van der Waals surface area contributed by atoms with Gasteiger partial charge in [0.25, 0.3) is 11.6 Å². The number of carboxylic acids is 1. The highest BCUT2D eigenvalue weighted by molar-refractivity contribution is 5.95. The molecule has 0 spiro atoms. The normalized spacial score (nSPS) is 19.5. The zero-order valence-corrected chi connectivity index (χ0v) is 13.3. The summed E-state index contributed by atoms with van der Waals surface area (Å²) in [6.07, 6.45) is 1.66. The summed E-state index contributed by atoms with van der Waals surface area (Å²) in [5.41, 5.74) is -0.325. The summed E-state index contributed by atoms with van der Waals surface area (Å²) in [7, 11) is 0. The van der Waals surface area contributed by atoms with E-state index in [4.69, 9.17) is 15.1 Å². The van der Waals surface area contributed by atoms with Crippen LogP contribution in [0.1, 0.15) is 17.3 Å².